The Morgan fingerprint density at radius 1 is 1.19 bits per heavy atom. The van der Waals surface area contributed by atoms with Crippen LogP contribution in [-0.4, -0.2) is 27.6 Å². The smallest absolute Gasteiger partial charge is 0.342 e. The van der Waals surface area contributed by atoms with Gasteiger partial charge in [-0.3, -0.25) is 9.48 Å². The molecule has 0 spiro atoms. The number of aryl methyl sites for hydroxylation is 3. The van der Waals surface area contributed by atoms with Crippen LogP contribution in [0, 0.1) is 13.8 Å². The summed E-state index contributed by atoms with van der Waals surface area (Å²) in [5, 5.41) is 3.90. The van der Waals surface area contributed by atoms with Gasteiger partial charge >= 0.3 is 5.97 Å². The maximum absolute atomic E-state index is 12.3. The zero-order valence-corrected chi connectivity index (χ0v) is 12.6. The molecular weight excluding hydrogens is 268 g/mol. The molecule has 2 aromatic rings. The molecule has 2 rings (SSSR count). The lowest BCUT2D eigenvalue weighted by Crippen LogP contribution is -2.24. The van der Waals surface area contributed by atoms with E-state index in [1.54, 1.807) is 26.2 Å². The molecule has 0 aliphatic carbocycles. The molecule has 5 nitrogen and oxygen atoms in total. The summed E-state index contributed by atoms with van der Waals surface area (Å²) in [5.41, 5.74) is 3.03. The van der Waals surface area contributed by atoms with E-state index < -0.39 is 12.1 Å². The highest BCUT2D eigenvalue weighted by Crippen LogP contribution is 2.14. The van der Waals surface area contributed by atoms with Gasteiger partial charge in [0.25, 0.3) is 0 Å². The molecule has 0 bridgehead atoms. The van der Waals surface area contributed by atoms with Gasteiger partial charge in [0.15, 0.2) is 6.10 Å². The molecule has 110 valence electrons. The van der Waals surface area contributed by atoms with Gasteiger partial charge in [-0.2, -0.15) is 5.10 Å². The van der Waals surface area contributed by atoms with Gasteiger partial charge in [0, 0.05) is 18.8 Å². The van der Waals surface area contributed by atoms with E-state index in [-0.39, 0.29) is 5.78 Å². The van der Waals surface area contributed by atoms with Crippen LogP contribution in [-0.2, 0) is 11.8 Å². The molecule has 0 unspecified atom stereocenters. The molecule has 0 aliphatic rings. The van der Waals surface area contributed by atoms with Gasteiger partial charge in [-0.05, 0) is 38.0 Å². The van der Waals surface area contributed by atoms with Crippen LogP contribution in [0.2, 0.25) is 0 Å². The number of nitrogens with zero attached hydrogens (tertiary/aromatic N) is 2. The van der Waals surface area contributed by atoms with Crippen molar-refractivity contribution in [3.63, 3.8) is 0 Å². The van der Waals surface area contributed by atoms with Crippen molar-refractivity contribution in [2.45, 2.75) is 26.9 Å². The van der Waals surface area contributed by atoms with E-state index in [4.69, 9.17) is 4.74 Å². The van der Waals surface area contributed by atoms with E-state index in [0.717, 1.165) is 11.1 Å². The summed E-state index contributed by atoms with van der Waals surface area (Å²) in [6.07, 6.45) is 2.13. The summed E-state index contributed by atoms with van der Waals surface area (Å²) < 4.78 is 6.70. The summed E-state index contributed by atoms with van der Waals surface area (Å²) in [5.74, 6) is -0.761. The molecule has 0 fully saturated rings. The maximum Gasteiger partial charge on any atom is 0.342 e. The van der Waals surface area contributed by atoms with Gasteiger partial charge in [-0.15, -0.1) is 0 Å². The molecule has 1 atom stereocenters. The van der Waals surface area contributed by atoms with E-state index in [9.17, 15) is 9.59 Å². The summed E-state index contributed by atoms with van der Waals surface area (Å²) in [4.78, 5) is 24.2. The maximum atomic E-state index is 12.3. The summed E-state index contributed by atoms with van der Waals surface area (Å²) in [6, 6.07) is 5.45. The van der Waals surface area contributed by atoms with Gasteiger partial charge in [0.2, 0.25) is 5.78 Å². The minimum absolute atomic E-state index is 0.213. The highest BCUT2D eigenvalue weighted by molar-refractivity contribution is 6.01. The minimum Gasteiger partial charge on any atom is -0.451 e. The standard InChI is InChI=1S/C16H18N2O3/c1-10-5-6-13(7-11(10)2)15(19)12(3)21-16(20)14-8-17-18(4)9-14/h5-9,12H,1-4H3/t12-/m1/s1. The van der Waals surface area contributed by atoms with E-state index in [2.05, 4.69) is 5.10 Å². The van der Waals surface area contributed by atoms with E-state index in [1.165, 1.54) is 10.9 Å². The first-order valence-electron chi connectivity index (χ1n) is 6.69. The minimum atomic E-state index is -0.834. The van der Waals surface area contributed by atoms with Gasteiger partial charge < -0.3 is 4.74 Å². The van der Waals surface area contributed by atoms with Gasteiger partial charge in [-0.1, -0.05) is 12.1 Å². The number of benzene rings is 1. The lowest BCUT2D eigenvalue weighted by atomic mass is 10.0. The van der Waals surface area contributed by atoms with Gasteiger partial charge in [-0.25, -0.2) is 4.79 Å². The molecule has 0 aliphatic heterocycles. The Labute approximate surface area is 123 Å². The average molecular weight is 286 g/mol. The van der Waals surface area contributed by atoms with Crippen molar-refractivity contribution in [1.29, 1.82) is 0 Å². The van der Waals surface area contributed by atoms with Crippen LogP contribution in [0.5, 0.6) is 0 Å². The number of ether oxygens (including phenoxy) is 1. The van der Waals surface area contributed by atoms with Crippen LogP contribution in [0.3, 0.4) is 0 Å². The quantitative estimate of drug-likeness (QED) is 0.640. The van der Waals surface area contributed by atoms with E-state index in [0.29, 0.717) is 11.1 Å². The third kappa shape index (κ3) is 3.37. The molecular formula is C16H18N2O3. The van der Waals surface area contributed by atoms with Crippen LogP contribution in [0.1, 0.15) is 38.8 Å². The average Bonchev–Trinajstić information content (AvgIpc) is 2.87. The van der Waals surface area contributed by atoms with E-state index in [1.807, 2.05) is 26.0 Å². The number of esters is 1. The third-order valence-corrected chi connectivity index (χ3v) is 3.39. The van der Waals surface area contributed by atoms with Crippen molar-refractivity contribution in [3.8, 4) is 0 Å². The Bertz CT molecular complexity index is 689. The van der Waals surface area contributed by atoms with Crippen molar-refractivity contribution >= 4 is 11.8 Å². The molecule has 1 aromatic heterocycles. The highest BCUT2D eigenvalue weighted by atomic mass is 16.5. The fraction of sp³-hybridized carbons (Fsp3) is 0.312. The molecule has 5 heteroatoms. The fourth-order valence-electron chi connectivity index (χ4n) is 1.94. The van der Waals surface area contributed by atoms with Crippen molar-refractivity contribution < 1.29 is 14.3 Å². The van der Waals surface area contributed by atoms with Crippen LogP contribution < -0.4 is 0 Å². The molecule has 0 radical (unpaired) electrons. The van der Waals surface area contributed by atoms with E-state index >= 15 is 0 Å². The Kier molecular flexibility index (Phi) is 4.21. The molecule has 1 aromatic carbocycles. The molecule has 0 saturated heterocycles. The molecule has 0 N–H and O–H groups in total. The Morgan fingerprint density at radius 2 is 1.90 bits per heavy atom. The molecule has 0 amide bonds. The molecule has 21 heavy (non-hydrogen) atoms. The highest BCUT2D eigenvalue weighted by Gasteiger charge is 2.21. The largest absolute Gasteiger partial charge is 0.451 e. The first kappa shape index (κ1) is 15.0. The monoisotopic (exact) mass is 286 g/mol. The van der Waals surface area contributed by atoms with Gasteiger partial charge in [0.1, 0.15) is 0 Å². The second-order valence-corrected chi connectivity index (χ2v) is 5.11. The van der Waals surface area contributed by atoms with Crippen LogP contribution in [0.15, 0.2) is 30.6 Å². The number of Topliss-reactive ketones (excluding diaryl/α,β-unsaturated/α-hetero) is 1. The zero-order valence-electron chi connectivity index (χ0n) is 12.6. The predicted octanol–water partition coefficient (Wildman–Crippen LogP) is 2.47. The zero-order chi connectivity index (χ0) is 15.6. The number of rotatable bonds is 4. The molecule has 1 heterocycles. The lowest BCUT2D eigenvalue weighted by molar-refractivity contribution is 0.0318. The predicted molar refractivity (Wildman–Crippen MR) is 78.3 cm³/mol. The van der Waals surface area contributed by atoms with Crippen LogP contribution in [0.4, 0.5) is 0 Å². The normalized spacial score (nSPS) is 12.0. The van der Waals surface area contributed by atoms with Crippen molar-refractivity contribution in [2.24, 2.45) is 7.05 Å². The summed E-state index contributed by atoms with van der Waals surface area (Å²) in [6.45, 7) is 5.50. The number of aromatic nitrogens is 2. The Hall–Kier alpha value is -2.43. The number of hydrogen-bond acceptors (Lipinski definition) is 4. The Balaban J connectivity index is 2.08. The molecule has 0 saturated carbocycles. The fourth-order valence-corrected chi connectivity index (χ4v) is 1.94. The number of ketones is 1. The second kappa shape index (κ2) is 5.91. The first-order chi connectivity index (χ1) is 9.88. The van der Waals surface area contributed by atoms with Crippen LogP contribution in [0.25, 0.3) is 0 Å². The SMILES string of the molecule is Cc1ccc(C(=O)[C@@H](C)OC(=O)c2cnn(C)c2)cc1C. The number of carbonyl (C=O) groups excluding carboxylic acids is 2. The first-order valence-corrected chi connectivity index (χ1v) is 6.69. The second-order valence-electron chi connectivity index (χ2n) is 5.11. The van der Waals surface area contributed by atoms with Crippen LogP contribution >= 0.6 is 0 Å². The Morgan fingerprint density at radius 3 is 2.48 bits per heavy atom. The van der Waals surface area contributed by atoms with Crippen molar-refractivity contribution in [1.82, 2.24) is 9.78 Å². The van der Waals surface area contributed by atoms with Gasteiger partial charge in [0.05, 0.1) is 11.8 Å². The topological polar surface area (TPSA) is 61.2 Å². The summed E-state index contributed by atoms with van der Waals surface area (Å²) >= 11 is 0. The number of hydrogen-bond donors (Lipinski definition) is 0. The van der Waals surface area contributed by atoms with Crippen molar-refractivity contribution in [2.75, 3.05) is 0 Å². The van der Waals surface area contributed by atoms with Crippen molar-refractivity contribution in [3.05, 3.63) is 52.8 Å². The third-order valence-electron chi connectivity index (χ3n) is 3.39. The summed E-state index contributed by atoms with van der Waals surface area (Å²) in [7, 11) is 1.71. The number of carbonyl (C=O) groups is 2. The lowest BCUT2D eigenvalue weighted by Gasteiger charge is -2.12.